The van der Waals surface area contributed by atoms with Crippen molar-refractivity contribution >= 4 is 5.91 Å². The molecule has 3 fully saturated rings. The Bertz CT molecular complexity index is 1080. The Hall–Kier alpha value is -3.22. The number of hydrogen-bond donors (Lipinski definition) is 0. The van der Waals surface area contributed by atoms with Gasteiger partial charge < -0.3 is 9.64 Å². The molecule has 3 aromatic rings. The van der Waals surface area contributed by atoms with Crippen molar-refractivity contribution in [3.05, 3.63) is 72.1 Å². The quantitative estimate of drug-likeness (QED) is 0.625. The Balaban J connectivity index is 1.45. The first-order valence-electron chi connectivity index (χ1n) is 10.7. The molecule has 6 nitrogen and oxygen atoms in total. The summed E-state index contributed by atoms with van der Waals surface area (Å²) in [5.74, 6) is 1.27. The lowest BCUT2D eigenvalue weighted by Gasteiger charge is -2.57. The molecule has 7 heteroatoms. The van der Waals surface area contributed by atoms with E-state index in [2.05, 4.69) is 17.1 Å². The zero-order valence-corrected chi connectivity index (χ0v) is 17.6. The van der Waals surface area contributed by atoms with Crippen LogP contribution in [0, 0.1) is 24.6 Å². The van der Waals surface area contributed by atoms with Gasteiger partial charge in [-0.1, -0.05) is 18.6 Å². The minimum Gasteiger partial charge on any atom is -0.491 e. The van der Waals surface area contributed by atoms with Crippen LogP contribution in [0.2, 0.25) is 0 Å². The van der Waals surface area contributed by atoms with E-state index in [0.717, 1.165) is 24.1 Å². The molecule has 0 spiro atoms. The van der Waals surface area contributed by atoms with E-state index in [-0.39, 0.29) is 23.8 Å². The van der Waals surface area contributed by atoms with E-state index in [1.807, 2.05) is 30.0 Å². The number of nitrogens with zero attached hydrogens (tertiary/aromatic N) is 4. The fraction of sp³-hybridized carbons (Fsp3) is 0.375. The predicted octanol–water partition coefficient (Wildman–Crippen LogP) is 4.03. The number of halogens is 1. The average Bonchev–Trinajstić information content (AvgIpc) is 3.27. The summed E-state index contributed by atoms with van der Waals surface area (Å²) in [6.45, 7) is 4.58. The molecule has 0 unspecified atom stereocenters. The molecule has 0 N–H and O–H groups in total. The molecule has 1 aliphatic carbocycles. The maximum absolute atomic E-state index is 13.9. The van der Waals surface area contributed by atoms with E-state index in [0.29, 0.717) is 29.8 Å². The molecule has 2 saturated heterocycles. The highest BCUT2D eigenvalue weighted by molar-refractivity contribution is 5.98. The third kappa shape index (κ3) is 3.58. The minimum absolute atomic E-state index is 0.00936. The largest absolute Gasteiger partial charge is 0.491 e. The second kappa shape index (κ2) is 7.80. The summed E-state index contributed by atoms with van der Waals surface area (Å²) in [7, 11) is 0. The fourth-order valence-corrected chi connectivity index (χ4v) is 4.90. The number of aromatic nitrogens is 3. The highest BCUT2D eigenvalue weighted by atomic mass is 19.1. The van der Waals surface area contributed by atoms with Crippen LogP contribution in [-0.4, -0.2) is 44.3 Å². The van der Waals surface area contributed by atoms with Gasteiger partial charge in [-0.15, -0.1) is 10.2 Å². The smallest absolute Gasteiger partial charge is 0.256 e. The highest BCUT2D eigenvalue weighted by Crippen LogP contribution is 2.47. The summed E-state index contributed by atoms with van der Waals surface area (Å²) >= 11 is 0. The number of amides is 1. The van der Waals surface area contributed by atoms with Crippen LogP contribution in [0.15, 0.2) is 55.1 Å². The van der Waals surface area contributed by atoms with E-state index in [4.69, 9.17) is 4.74 Å². The summed E-state index contributed by atoms with van der Waals surface area (Å²) in [6, 6.07) is 12.1. The third-order valence-electron chi connectivity index (χ3n) is 6.80. The number of carbonyl (C=O) groups excluding carboxylic acids is 1. The van der Waals surface area contributed by atoms with Gasteiger partial charge in [-0.2, -0.15) is 0 Å². The lowest BCUT2D eigenvalue weighted by molar-refractivity contribution is -0.0670. The SMILES string of the molecule is Cc1ccc(-n2cnnc2)c(C(=O)N2C3CC(C3)[C@@H](C)[C@H]2COc2ccc(F)cc2)c1. The highest BCUT2D eigenvalue weighted by Gasteiger charge is 2.51. The molecule has 3 heterocycles. The van der Waals surface area contributed by atoms with Gasteiger partial charge in [0.25, 0.3) is 5.91 Å². The van der Waals surface area contributed by atoms with Crippen molar-refractivity contribution in [3.8, 4) is 11.4 Å². The van der Waals surface area contributed by atoms with Crippen LogP contribution in [-0.2, 0) is 0 Å². The Morgan fingerprint density at radius 2 is 1.84 bits per heavy atom. The van der Waals surface area contributed by atoms with Gasteiger partial charge in [-0.3, -0.25) is 9.36 Å². The second-order valence-electron chi connectivity index (χ2n) is 8.68. The molecular weight excluding hydrogens is 395 g/mol. The van der Waals surface area contributed by atoms with Crippen LogP contribution < -0.4 is 4.74 Å². The summed E-state index contributed by atoms with van der Waals surface area (Å²) in [6.07, 6.45) is 5.28. The normalized spacial score (nSPS) is 24.5. The average molecular weight is 420 g/mol. The van der Waals surface area contributed by atoms with Crippen molar-refractivity contribution in [2.24, 2.45) is 11.8 Å². The summed E-state index contributed by atoms with van der Waals surface area (Å²) in [5.41, 5.74) is 2.44. The Morgan fingerprint density at radius 1 is 1.13 bits per heavy atom. The molecule has 2 bridgehead atoms. The number of fused-ring (bicyclic) bond motifs is 2. The second-order valence-corrected chi connectivity index (χ2v) is 8.68. The number of aryl methyl sites for hydroxylation is 1. The molecule has 1 aromatic heterocycles. The molecule has 6 rings (SSSR count). The van der Waals surface area contributed by atoms with Crippen molar-refractivity contribution in [1.82, 2.24) is 19.7 Å². The standard InChI is InChI=1S/C24H25FN4O2/c1-15-3-8-22(28-13-26-27-14-28)21(9-15)24(30)29-19-10-17(11-19)16(2)23(29)12-31-20-6-4-18(25)5-7-20/h3-9,13-14,16-17,19,23H,10-12H2,1-2H3/t16-,17?,19?,23-/m1/s1. The number of carbonyl (C=O) groups is 1. The van der Waals surface area contributed by atoms with Gasteiger partial charge in [0.2, 0.25) is 0 Å². The number of ether oxygens (including phenoxy) is 1. The molecule has 31 heavy (non-hydrogen) atoms. The van der Waals surface area contributed by atoms with Crippen molar-refractivity contribution in [3.63, 3.8) is 0 Å². The van der Waals surface area contributed by atoms with E-state index >= 15 is 0 Å². The minimum atomic E-state index is -0.294. The predicted molar refractivity (Wildman–Crippen MR) is 114 cm³/mol. The van der Waals surface area contributed by atoms with Crippen LogP contribution in [0.4, 0.5) is 4.39 Å². The first kappa shape index (κ1) is 19.7. The Morgan fingerprint density at radius 3 is 2.55 bits per heavy atom. The van der Waals surface area contributed by atoms with E-state index < -0.39 is 0 Å². The molecule has 160 valence electrons. The molecule has 1 amide bonds. The number of rotatable bonds is 5. The van der Waals surface area contributed by atoms with Gasteiger partial charge in [-0.05, 0) is 68.0 Å². The number of hydrogen-bond acceptors (Lipinski definition) is 4. The van der Waals surface area contributed by atoms with Crippen LogP contribution in [0.25, 0.3) is 5.69 Å². The fourth-order valence-electron chi connectivity index (χ4n) is 4.90. The molecule has 3 aliphatic rings. The lowest BCUT2D eigenvalue weighted by atomic mass is 9.64. The Kier molecular flexibility index (Phi) is 4.96. The molecular formula is C24H25FN4O2. The van der Waals surface area contributed by atoms with Gasteiger partial charge in [0.1, 0.15) is 30.8 Å². The van der Waals surface area contributed by atoms with E-state index in [1.54, 1.807) is 29.4 Å². The van der Waals surface area contributed by atoms with E-state index in [9.17, 15) is 9.18 Å². The zero-order chi connectivity index (χ0) is 21.5. The van der Waals surface area contributed by atoms with Crippen molar-refractivity contribution in [2.45, 2.75) is 38.8 Å². The van der Waals surface area contributed by atoms with Crippen LogP contribution >= 0.6 is 0 Å². The molecule has 1 saturated carbocycles. The van der Waals surface area contributed by atoms with Gasteiger partial charge in [0, 0.05) is 6.04 Å². The monoisotopic (exact) mass is 420 g/mol. The topological polar surface area (TPSA) is 60.2 Å². The molecule has 0 radical (unpaired) electrons. The van der Waals surface area contributed by atoms with Crippen LogP contribution in [0.5, 0.6) is 5.75 Å². The van der Waals surface area contributed by atoms with Gasteiger partial charge in [0.15, 0.2) is 0 Å². The molecule has 2 aromatic carbocycles. The molecule has 2 aliphatic heterocycles. The van der Waals surface area contributed by atoms with Crippen molar-refractivity contribution in [2.75, 3.05) is 6.61 Å². The maximum atomic E-state index is 13.9. The van der Waals surface area contributed by atoms with E-state index in [1.165, 1.54) is 12.1 Å². The first-order chi connectivity index (χ1) is 15.0. The Labute approximate surface area is 180 Å². The summed E-state index contributed by atoms with van der Waals surface area (Å²) < 4.78 is 21.0. The first-order valence-corrected chi connectivity index (χ1v) is 10.7. The van der Waals surface area contributed by atoms with Gasteiger partial charge >= 0.3 is 0 Å². The van der Waals surface area contributed by atoms with Crippen molar-refractivity contribution in [1.29, 1.82) is 0 Å². The number of piperidine rings is 2. The zero-order valence-electron chi connectivity index (χ0n) is 17.6. The van der Waals surface area contributed by atoms with Crippen LogP contribution in [0.3, 0.4) is 0 Å². The summed E-state index contributed by atoms with van der Waals surface area (Å²) in [4.78, 5) is 15.9. The lowest BCUT2D eigenvalue weighted by Crippen LogP contribution is -2.64. The van der Waals surface area contributed by atoms with Gasteiger partial charge in [-0.25, -0.2) is 4.39 Å². The third-order valence-corrected chi connectivity index (χ3v) is 6.80. The maximum Gasteiger partial charge on any atom is 0.256 e. The number of benzene rings is 2. The summed E-state index contributed by atoms with van der Waals surface area (Å²) in [5, 5.41) is 7.79. The molecule has 2 atom stereocenters. The van der Waals surface area contributed by atoms with Crippen LogP contribution in [0.1, 0.15) is 35.7 Å². The van der Waals surface area contributed by atoms with Crippen molar-refractivity contribution < 1.29 is 13.9 Å². The van der Waals surface area contributed by atoms with Gasteiger partial charge in [0.05, 0.1) is 17.3 Å².